The molecule has 0 N–H and O–H groups in total. The highest BCUT2D eigenvalue weighted by Crippen LogP contribution is 2.54. The molecule has 194 valence electrons. The van der Waals surface area contributed by atoms with E-state index in [1.807, 2.05) is 49.5 Å². The predicted molar refractivity (Wildman–Crippen MR) is 151 cm³/mol. The molecule has 0 spiro atoms. The molecule has 2 aromatic carbocycles. The summed E-state index contributed by atoms with van der Waals surface area (Å²) in [7, 11) is 2.02. The highest BCUT2D eigenvalue weighted by Gasteiger charge is 2.48. The summed E-state index contributed by atoms with van der Waals surface area (Å²) in [4.78, 5) is 29.4. The van der Waals surface area contributed by atoms with E-state index in [2.05, 4.69) is 48.5 Å². The SMILES string of the molecule is CN1C2=C(C(=O)CC(C)(C)C2)C(c2ccc(OCc3ccccc3Br)c(Cl)c2)C2=C1CC(C)(C)CC2=O. The Kier molecular flexibility index (Phi) is 6.69. The van der Waals surface area contributed by atoms with Gasteiger partial charge in [-0.05, 0) is 47.4 Å². The molecule has 37 heavy (non-hydrogen) atoms. The van der Waals surface area contributed by atoms with Crippen molar-refractivity contribution in [1.29, 1.82) is 0 Å². The standard InChI is InChI=1S/C31H33BrClNO3/c1-30(2)13-22-28(24(35)15-30)27(29-23(34(22)5)14-31(3,4)16-25(29)36)18-10-11-26(21(33)12-18)37-17-19-8-6-7-9-20(19)32/h6-12,27H,13-17H2,1-5H3. The summed E-state index contributed by atoms with van der Waals surface area (Å²) in [6.07, 6.45) is 2.54. The number of ketones is 2. The van der Waals surface area contributed by atoms with Crippen LogP contribution in [-0.4, -0.2) is 23.5 Å². The number of ether oxygens (including phenoxy) is 1. The number of nitrogens with zero attached hydrogens (tertiary/aromatic N) is 1. The molecule has 6 heteroatoms. The molecule has 0 aromatic heterocycles. The Morgan fingerprint density at radius 2 is 1.49 bits per heavy atom. The third kappa shape index (κ3) is 4.93. The van der Waals surface area contributed by atoms with E-state index in [-0.39, 0.29) is 22.4 Å². The van der Waals surface area contributed by atoms with Gasteiger partial charge in [-0.2, -0.15) is 0 Å². The van der Waals surface area contributed by atoms with E-state index in [4.69, 9.17) is 16.3 Å². The second-order valence-electron chi connectivity index (χ2n) is 12.2. The fraction of sp³-hybridized carbons (Fsp3) is 0.419. The first-order chi connectivity index (χ1) is 17.4. The van der Waals surface area contributed by atoms with Crippen LogP contribution in [0.1, 0.15) is 70.4 Å². The summed E-state index contributed by atoms with van der Waals surface area (Å²) >= 11 is 10.3. The molecule has 3 aliphatic rings. The lowest BCUT2D eigenvalue weighted by Crippen LogP contribution is -2.43. The molecule has 1 heterocycles. The molecule has 1 aliphatic heterocycles. The van der Waals surface area contributed by atoms with Gasteiger partial charge in [0, 0.05) is 58.4 Å². The Balaban J connectivity index is 1.57. The zero-order valence-electron chi connectivity index (χ0n) is 22.1. The highest BCUT2D eigenvalue weighted by molar-refractivity contribution is 9.10. The van der Waals surface area contributed by atoms with E-state index in [0.717, 1.165) is 51.0 Å². The normalized spacial score (nSPS) is 21.2. The number of Topliss-reactive ketones (excluding diaryl/α,β-unsaturated/α-hetero) is 2. The van der Waals surface area contributed by atoms with E-state index in [0.29, 0.717) is 30.2 Å². The average molecular weight is 583 g/mol. The van der Waals surface area contributed by atoms with Crippen LogP contribution in [0.15, 0.2) is 69.5 Å². The molecule has 0 radical (unpaired) electrons. The van der Waals surface area contributed by atoms with Crippen molar-refractivity contribution in [3.8, 4) is 5.75 Å². The van der Waals surface area contributed by atoms with Gasteiger partial charge < -0.3 is 9.64 Å². The molecular formula is C31H33BrClNO3. The minimum atomic E-state index is -0.400. The van der Waals surface area contributed by atoms with E-state index >= 15 is 0 Å². The van der Waals surface area contributed by atoms with Crippen LogP contribution in [0.3, 0.4) is 0 Å². The summed E-state index contributed by atoms with van der Waals surface area (Å²) < 4.78 is 7.02. The maximum Gasteiger partial charge on any atom is 0.162 e. The lowest BCUT2D eigenvalue weighted by Gasteiger charge is -2.47. The monoisotopic (exact) mass is 581 g/mol. The number of benzene rings is 2. The third-order valence-corrected chi connectivity index (χ3v) is 8.88. The van der Waals surface area contributed by atoms with Crippen LogP contribution >= 0.6 is 27.5 Å². The van der Waals surface area contributed by atoms with E-state index < -0.39 is 5.92 Å². The molecule has 2 aromatic rings. The predicted octanol–water partition coefficient (Wildman–Crippen LogP) is 8.00. The molecule has 0 unspecified atom stereocenters. The molecule has 0 fully saturated rings. The molecule has 0 atom stereocenters. The quantitative estimate of drug-likeness (QED) is 0.366. The number of halogens is 2. The van der Waals surface area contributed by atoms with Crippen LogP contribution in [0.2, 0.25) is 5.02 Å². The molecule has 0 bridgehead atoms. The number of carbonyl (C=O) groups is 2. The van der Waals surface area contributed by atoms with Crippen molar-refractivity contribution in [1.82, 2.24) is 4.90 Å². The lowest BCUT2D eigenvalue weighted by molar-refractivity contribution is -0.119. The van der Waals surface area contributed by atoms with E-state index in [9.17, 15) is 9.59 Å². The zero-order valence-corrected chi connectivity index (χ0v) is 24.4. The van der Waals surface area contributed by atoms with Crippen molar-refractivity contribution in [3.63, 3.8) is 0 Å². The summed E-state index contributed by atoms with van der Waals surface area (Å²) in [5.74, 6) is 0.420. The number of carbonyl (C=O) groups excluding carboxylic acids is 2. The van der Waals surface area contributed by atoms with Crippen molar-refractivity contribution in [2.45, 2.75) is 65.9 Å². The van der Waals surface area contributed by atoms with Crippen LogP contribution in [0.5, 0.6) is 5.75 Å². The van der Waals surface area contributed by atoms with Gasteiger partial charge in [0.15, 0.2) is 11.6 Å². The van der Waals surface area contributed by atoms with E-state index in [1.54, 1.807) is 0 Å². The second-order valence-corrected chi connectivity index (χ2v) is 13.4. The summed E-state index contributed by atoms with van der Waals surface area (Å²) in [5.41, 5.74) is 5.24. The fourth-order valence-corrected chi connectivity index (χ4v) is 6.73. The van der Waals surface area contributed by atoms with Gasteiger partial charge in [-0.1, -0.05) is 79.5 Å². The molecule has 4 nitrogen and oxygen atoms in total. The van der Waals surface area contributed by atoms with E-state index in [1.165, 1.54) is 0 Å². The zero-order chi connectivity index (χ0) is 26.7. The molecule has 5 rings (SSSR count). The van der Waals surface area contributed by atoms with Gasteiger partial charge in [0.2, 0.25) is 0 Å². The Hall–Kier alpha value is -2.37. The van der Waals surface area contributed by atoms with Crippen LogP contribution in [0.25, 0.3) is 0 Å². The number of hydrogen-bond acceptors (Lipinski definition) is 4. The number of allylic oxidation sites excluding steroid dienone is 4. The first kappa shape index (κ1) is 26.2. The van der Waals surface area contributed by atoms with Crippen molar-refractivity contribution in [3.05, 3.63) is 85.6 Å². The molecule has 0 amide bonds. The van der Waals surface area contributed by atoms with Crippen molar-refractivity contribution >= 4 is 39.1 Å². The van der Waals surface area contributed by atoms with Gasteiger partial charge in [0.05, 0.1) is 5.02 Å². The minimum Gasteiger partial charge on any atom is -0.487 e. The lowest BCUT2D eigenvalue weighted by atomic mass is 9.64. The van der Waals surface area contributed by atoms with Crippen LogP contribution in [0.4, 0.5) is 0 Å². The smallest absolute Gasteiger partial charge is 0.162 e. The Bertz CT molecular complexity index is 1320. The van der Waals surface area contributed by atoms with Crippen molar-refractivity contribution in [2.75, 3.05) is 7.05 Å². The highest BCUT2D eigenvalue weighted by atomic mass is 79.9. The largest absolute Gasteiger partial charge is 0.487 e. The van der Waals surface area contributed by atoms with Gasteiger partial charge in [0.25, 0.3) is 0 Å². The summed E-state index contributed by atoms with van der Waals surface area (Å²) in [6, 6.07) is 13.6. The van der Waals surface area contributed by atoms with Gasteiger partial charge >= 0.3 is 0 Å². The van der Waals surface area contributed by atoms with Gasteiger partial charge in [-0.25, -0.2) is 0 Å². The summed E-state index contributed by atoms with van der Waals surface area (Å²) in [6.45, 7) is 8.95. The van der Waals surface area contributed by atoms with Gasteiger partial charge in [-0.3, -0.25) is 9.59 Å². The van der Waals surface area contributed by atoms with Crippen LogP contribution < -0.4 is 4.74 Å². The molecular weight excluding hydrogens is 550 g/mol. The Labute approximate surface area is 232 Å². The Morgan fingerprint density at radius 3 is 2.03 bits per heavy atom. The minimum absolute atomic E-state index is 0.123. The van der Waals surface area contributed by atoms with Crippen molar-refractivity contribution < 1.29 is 14.3 Å². The third-order valence-electron chi connectivity index (χ3n) is 7.81. The Morgan fingerprint density at radius 1 is 0.919 bits per heavy atom. The van der Waals surface area contributed by atoms with Crippen molar-refractivity contribution in [2.24, 2.45) is 10.8 Å². The molecule has 0 saturated heterocycles. The topological polar surface area (TPSA) is 46.6 Å². The molecule has 2 aliphatic carbocycles. The van der Waals surface area contributed by atoms with Crippen LogP contribution in [-0.2, 0) is 16.2 Å². The number of hydrogen-bond donors (Lipinski definition) is 0. The first-order valence-electron chi connectivity index (χ1n) is 12.8. The van der Waals surface area contributed by atoms with Gasteiger partial charge in [0.1, 0.15) is 12.4 Å². The second kappa shape index (κ2) is 9.43. The maximum atomic E-state index is 13.6. The molecule has 0 saturated carbocycles. The summed E-state index contributed by atoms with van der Waals surface area (Å²) in [5, 5.41) is 0.472. The first-order valence-corrected chi connectivity index (χ1v) is 14.0. The fourth-order valence-electron chi connectivity index (χ4n) is 6.08. The van der Waals surface area contributed by atoms with Gasteiger partial charge in [-0.15, -0.1) is 0 Å². The maximum absolute atomic E-state index is 13.6. The average Bonchev–Trinajstić information content (AvgIpc) is 2.79. The number of rotatable bonds is 4. The van der Waals surface area contributed by atoms with Crippen LogP contribution in [0, 0.1) is 10.8 Å².